The van der Waals surface area contributed by atoms with E-state index >= 15 is 0 Å². The quantitative estimate of drug-likeness (QED) is 0.623. The summed E-state index contributed by atoms with van der Waals surface area (Å²) >= 11 is 0. The number of hydrazine groups is 1. The van der Waals surface area contributed by atoms with Crippen molar-refractivity contribution in [2.24, 2.45) is 0 Å². The van der Waals surface area contributed by atoms with Crippen molar-refractivity contribution in [3.8, 4) is 0 Å². The van der Waals surface area contributed by atoms with Crippen LogP contribution in [0, 0.1) is 0 Å². The molecule has 3 aromatic rings. The van der Waals surface area contributed by atoms with Crippen molar-refractivity contribution in [3.63, 3.8) is 0 Å². The lowest BCUT2D eigenvalue weighted by Gasteiger charge is -2.39. The van der Waals surface area contributed by atoms with Gasteiger partial charge in [0.2, 0.25) is 0 Å². The molecule has 1 N–H and O–H groups in total. The fourth-order valence-electron chi connectivity index (χ4n) is 4.12. The highest BCUT2D eigenvalue weighted by Gasteiger charge is 2.27. The van der Waals surface area contributed by atoms with E-state index in [1.54, 1.807) is 0 Å². The number of hydrogen-bond acceptors (Lipinski definition) is 5. The normalized spacial score (nSPS) is 15.1. The van der Waals surface area contributed by atoms with Crippen LogP contribution in [0.15, 0.2) is 77.6 Å². The minimum absolute atomic E-state index is 0.175. The number of nitrogens with zero attached hydrogens (tertiary/aromatic N) is 4. The monoisotopic (exact) mass is 431 g/mol. The zero-order chi connectivity index (χ0) is 22.3. The van der Waals surface area contributed by atoms with Crippen LogP contribution in [0.25, 0.3) is 0 Å². The van der Waals surface area contributed by atoms with Gasteiger partial charge in [-0.2, -0.15) is 5.10 Å². The number of nitrogens with one attached hydrogen (secondary N) is 1. The Kier molecular flexibility index (Phi) is 7.09. The molecule has 1 amide bonds. The Morgan fingerprint density at radius 2 is 1.50 bits per heavy atom. The molecule has 0 atom stereocenters. The highest BCUT2D eigenvalue weighted by molar-refractivity contribution is 5.91. The molecule has 7 heteroatoms. The third kappa shape index (κ3) is 5.12. The first kappa shape index (κ1) is 21.9. The molecule has 1 fully saturated rings. The average molecular weight is 432 g/mol. The predicted octanol–water partition coefficient (Wildman–Crippen LogP) is 2.71. The van der Waals surface area contributed by atoms with E-state index in [-0.39, 0.29) is 23.2 Å². The second-order valence-corrected chi connectivity index (χ2v) is 7.97. The second-order valence-electron chi connectivity index (χ2n) is 7.97. The second kappa shape index (κ2) is 10.3. The highest BCUT2D eigenvalue weighted by Crippen LogP contribution is 2.29. The topological polar surface area (TPSA) is 70.5 Å². The van der Waals surface area contributed by atoms with Gasteiger partial charge in [0.25, 0.3) is 11.5 Å². The molecule has 1 aliphatic rings. The average Bonchev–Trinajstić information content (AvgIpc) is 2.83. The molecule has 0 spiro atoms. The number of carbonyl (C=O) groups excluding carboxylic acids is 1. The van der Waals surface area contributed by atoms with Crippen molar-refractivity contribution >= 4 is 5.91 Å². The first-order chi connectivity index (χ1) is 15.7. The molecule has 1 aromatic heterocycles. The van der Waals surface area contributed by atoms with Crippen LogP contribution in [0.3, 0.4) is 0 Å². The fraction of sp³-hybridized carbons (Fsp3) is 0.320. The van der Waals surface area contributed by atoms with E-state index < -0.39 is 0 Å². The van der Waals surface area contributed by atoms with E-state index in [4.69, 9.17) is 0 Å². The molecule has 0 unspecified atom stereocenters. The maximum atomic E-state index is 12.7. The molecule has 2 heterocycles. The number of carbonyl (C=O) groups is 1. The van der Waals surface area contributed by atoms with E-state index in [1.165, 1.54) is 27.9 Å². The Balaban J connectivity index is 1.42. The van der Waals surface area contributed by atoms with Gasteiger partial charge in [0.1, 0.15) is 5.69 Å². The summed E-state index contributed by atoms with van der Waals surface area (Å²) < 4.78 is 1.34. The van der Waals surface area contributed by atoms with E-state index in [2.05, 4.69) is 64.0 Å². The van der Waals surface area contributed by atoms with Crippen LogP contribution in [0.4, 0.5) is 0 Å². The van der Waals surface area contributed by atoms with E-state index in [0.717, 1.165) is 19.5 Å². The van der Waals surface area contributed by atoms with Gasteiger partial charge in [0, 0.05) is 38.8 Å². The summed E-state index contributed by atoms with van der Waals surface area (Å²) in [5.74, 6) is -0.286. The zero-order valence-electron chi connectivity index (χ0n) is 18.4. The third-order valence-corrected chi connectivity index (χ3v) is 5.70. The Morgan fingerprint density at radius 3 is 2.06 bits per heavy atom. The van der Waals surface area contributed by atoms with Crippen molar-refractivity contribution in [3.05, 3.63) is 100.0 Å². The van der Waals surface area contributed by atoms with Gasteiger partial charge in [-0.25, -0.2) is 9.69 Å². The lowest BCUT2D eigenvalue weighted by molar-refractivity contribution is 0.0548. The van der Waals surface area contributed by atoms with Crippen molar-refractivity contribution in [2.45, 2.75) is 25.9 Å². The van der Waals surface area contributed by atoms with Gasteiger partial charge in [-0.1, -0.05) is 67.6 Å². The van der Waals surface area contributed by atoms with Crippen molar-refractivity contribution in [1.82, 2.24) is 25.1 Å². The van der Waals surface area contributed by atoms with Crippen LogP contribution in [0.2, 0.25) is 0 Å². The molecule has 0 saturated carbocycles. The van der Waals surface area contributed by atoms with Crippen LogP contribution in [0.1, 0.15) is 41.0 Å². The maximum Gasteiger partial charge on any atom is 0.286 e. The predicted molar refractivity (Wildman–Crippen MR) is 124 cm³/mol. The summed E-state index contributed by atoms with van der Waals surface area (Å²) in [4.78, 5) is 27.0. The molecule has 4 rings (SSSR count). The van der Waals surface area contributed by atoms with Gasteiger partial charge >= 0.3 is 0 Å². The maximum absolute atomic E-state index is 12.7. The Bertz CT molecular complexity index is 1040. The van der Waals surface area contributed by atoms with Crippen molar-refractivity contribution in [1.29, 1.82) is 0 Å². The minimum atomic E-state index is -0.286. The molecule has 32 heavy (non-hydrogen) atoms. The summed E-state index contributed by atoms with van der Waals surface area (Å²) in [6.07, 6.45) is 0.782. The zero-order valence-corrected chi connectivity index (χ0v) is 18.4. The molecular weight excluding hydrogens is 402 g/mol. The number of aryl methyl sites for hydroxylation is 1. The summed E-state index contributed by atoms with van der Waals surface area (Å²) in [6.45, 7) is 5.51. The van der Waals surface area contributed by atoms with Crippen LogP contribution < -0.4 is 11.0 Å². The first-order valence-electron chi connectivity index (χ1n) is 11.1. The van der Waals surface area contributed by atoms with Crippen molar-refractivity contribution < 1.29 is 4.79 Å². The van der Waals surface area contributed by atoms with Gasteiger partial charge in [-0.3, -0.25) is 19.9 Å². The number of piperazine rings is 1. The van der Waals surface area contributed by atoms with Crippen molar-refractivity contribution in [2.75, 3.05) is 26.2 Å². The van der Waals surface area contributed by atoms with Gasteiger partial charge in [0.05, 0.1) is 6.04 Å². The summed E-state index contributed by atoms with van der Waals surface area (Å²) in [5, 5.41) is 6.14. The van der Waals surface area contributed by atoms with Gasteiger partial charge in [0.15, 0.2) is 0 Å². The molecule has 0 aliphatic carbocycles. The van der Waals surface area contributed by atoms with Crippen LogP contribution in [-0.4, -0.2) is 51.8 Å². The smallest absolute Gasteiger partial charge is 0.286 e. The number of hydrogen-bond donors (Lipinski definition) is 1. The summed E-state index contributed by atoms with van der Waals surface area (Å²) in [5.41, 5.74) is 5.54. The lowest BCUT2D eigenvalue weighted by Crippen LogP contribution is -2.54. The van der Waals surface area contributed by atoms with Crippen LogP contribution >= 0.6 is 0 Å². The number of benzene rings is 2. The first-order valence-corrected chi connectivity index (χ1v) is 11.1. The van der Waals surface area contributed by atoms with E-state index in [9.17, 15) is 9.59 Å². The molecule has 2 aromatic carbocycles. The lowest BCUT2D eigenvalue weighted by atomic mass is 9.96. The molecule has 1 aliphatic heterocycles. The molecule has 0 radical (unpaired) electrons. The third-order valence-electron chi connectivity index (χ3n) is 5.70. The van der Waals surface area contributed by atoms with Gasteiger partial charge in [-0.05, 0) is 23.6 Å². The standard InChI is InChI=1S/C25H29N5O2/c1-2-15-30-23(31)14-13-22(26-30)25(32)27-29-18-16-28(17-19-29)24(20-9-5-3-6-10-20)21-11-7-4-8-12-21/h3-14,24H,2,15-19H2,1H3,(H,27,32). The molecule has 7 nitrogen and oxygen atoms in total. The van der Waals surface area contributed by atoms with E-state index in [1.807, 2.05) is 24.1 Å². The summed E-state index contributed by atoms with van der Waals surface area (Å²) in [7, 11) is 0. The molecule has 1 saturated heterocycles. The molecule has 0 bridgehead atoms. The minimum Gasteiger partial charge on any atom is -0.290 e. The number of aromatic nitrogens is 2. The van der Waals surface area contributed by atoms with Crippen LogP contribution in [0.5, 0.6) is 0 Å². The van der Waals surface area contributed by atoms with Crippen LogP contribution in [-0.2, 0) is 6.54 Å². The number of rotatable bonds is 7. The number of amides is 1. The Labute approximate surface area is 188 Å². The molecular formula is C25H29N5O2. The van der Waals surface area contributed by atoms with E-state index in [0.29, 0.717) is 19.6 Å². The SMILES string of the molecule is CCCn1nc(C(=O)NN2CCN(C(c3ccccc3)c3ccccc3)CC2)ccc1=O. The van der Waals surface area contributed by atoms with Gasteiger partial charge < -0.3 is 0 Å². The highest BCUT2D eigenvalue weighted by atomic mass is 16.2. The largest absolute Gasteiger partial charge is 0.290 e. The fourth-order valence-corrected chi connectivity index (χ4v) is 4.12. The molecule has 166 valence electrons. The Hall–Kier alpha value is -3.29. The Morgan fingerprint density at radius 1 is 0.906 bits per heavy atom. The summed E-state index contributed by atoms with van der Waals surface area (Å²) in [6, 6.07) is 24.1. The van der Waals surface area contributed by atoms with Gasteiger partial charge in [-0.15, -0.1) is 0 Å².